The number of carbonyl (C=O) groups excluding carboxylic acids is 1. The zero-order valence-corrected chi connectivity index (χ0v) is 10.5. The van der Waals surface area contributed by atoms with Crippen molar-refractivity contribution in [3.05, 3.63) is 11.6 Å². The van der Waals surface area contributed by atoms with Gasteiger partial charge in [0.1, 0.15) is 0 Å². The molecule has 2 N–H and O–H groups in total. The number of hydrogen-bond acceptors (Lipinski definition) is 2. The third kappa shape index (κ3) is 4.35. The summed E-state index contributed by atoms with van der Waals surface area (Å²) in [7, 11) is 0. The van der Waals surface area contributed by atoms with Crippen LogP contribution in [0.2, 0.25) is 0 Å². The SMILES string of the molecule is C[C@H](CO)NC(=O)C=C1CCC(C)(C)CC1. The summed E-state index contributed by atoms with van der Waals surface area (Å²) in [5.41, 5.74) is 1.66. The largest absolute Gasteiger partial charge is 0.394 e. The van der Waals surface area contributed by atoms with Crippen LogP contribution in [0.3, 0.4) is 0 Å². The predicted octanol–water partition coefficient (Wildman–Crippen LogP) is 2.01. The van der Waals surface area contributed by atoms with Crippen LogP contribution in [-0.2, 0) is 4.79 Å². The van der Waals surface area contributed by atoms with E-state index in [9.17, 15) is 4.79 Å². The fourth-order valence-electron chi connectivity index (χ4n) is 1.91. The molecule has 92 valence electrons. The summed E-state index contributed by atoms with van der Waals surface area (Å²) in [6.07, 6.45) is 6.06. The Kier molecular flexibility index (Phi) is 4.54. The van der Waals surface area contributed by atoms with Gasteiger partial charge in [-0.25, -0.2) is 0 Å². The van der Waals surface area contributed by atoms with Crippen molar-refractivity contribution in [2.24, 2.45) is 5.41 Å². The predicted molar refractivity (Wildman–Crippen MR) is 65.0 cm³/mol. The molecular formula is C13H23NO2. The third-order valence-corrected chi connectivity index (χ3v) is 3.24. The fraction of sp³-hybridized carbons (Fsp3) is 0.769. The first-order chi connectivity index (χ1) is 7.43. The topological polar surface area (TPSA) is 49.3 Å². The lowest BCUT2D eigenvalue weighted by Gasteiger charge is -2.30. The Morgan fingerprint density at radius 2 is 2.06 bits per heavy atom. The van der Waals surface area contributed by atoms with Gasteiger partial charge >= 0.3 is 0 Å². The Hall–Kier alpha value is -0.830. The Labute approximate surface area is 97.9 Å². The maximum absolute atomic E-state index is 11.5. The van der Waals surface area contributed by atoms with Crippen molar-refractivity contribution in [3.8, 4) is 0 Å². The minimum absolute atomic E-state index is 0.0120. The number of hydrogen-bond donors (Lipinski definition) is 2. The molecule has 1 amide bonds. The lowest BCUT2D eigenvalue weighted by atomic mass is 9.75. The summed E-state index contributed by atoms with van der Waals surface area (Å²) in [5.74, 6) is -0.0729. The zero-order chi connectivity index (χ0) is 12.2. The maximum atomic E-state index is 11.5. The summed E-state index contributed by atoms with van der Waals surface area (Å²) in [6, 6.07) is -0.163. The molecule has 1 saturated carbocycles. The zero-order valence-electron chi connectivity index (χ0n) is 10.5. The molecule has 3 heteroatoms. The van der Waals surface area contributed by atoms with Gasteiger partial charge < -0.3 is 10.4 Å². The number of amides is 1. The van der Waals surface area contributed by atoms with Crippen LogP contribution in [0.25, 0.3) is 0 Å². The smallest absolute Gasteiger partial charge is 0.244 e. The van der Waals surface area contributed by atoms with Gasteiger partial charge in [-0.3, -0.25) is 4.79 Å². The van der Waals surface area contributed by atoms with Crippen LogP contribution in [0, 0.1) is 5.41 Å². The van der Waals surface area contributed by atoms with E-state index in [1.54, 1.807) is 13.0 Å². The van der Waals surface area contributed by atoms with E-state index in [1.165, 1.54) is 5.57 Å². The molecule has 0 saturated heterocycles. The Morgan fingerprint density at radius 3 is 2.56 bits per heavy atom. The van der Waals surface area contributed by atoms with E-state index < -0.39 is 0 Å². The molecule has 0 radical (unpaired) electrons. The molecule has 3 nitrogen and oxygen atoms in total. The number of rotatable bonds is 3. The van der Waals surface area contributed by atoms with Crippen molar-refractivity contribution in [3.63, 3.8) is 0 Å². The van der Waals surface area contributed by atoms with Gasteiger partial charge in [-0.1, -0.05) is 19.4 Å². The first-order valence-electron chi connectivity index (χ1n) is 6.04. The first kappa shape index (κ1) is 13.2. The van der Waals surface area contributed by atoms with Crippen molar-refractivity contribution < 1.29 is 9.90 Å². The molecule has 0 aliphatic heterocycles. The van der Waals surface area contributed by atoms with E-state index >= 15 is 0 Å². The van der Waals surface area contributed by atoms with Crippen LogP contribution in [0.1, 0.15) is 46.5 Å². The van der Waals surface area contributed by atoms with Gasteiger partial charge in [0.15, 0.2) is 0 Å². The van der Waals surface area contributed by atoms with Gasteiger partial charge in [-0.2, -0.15) is 0 Å². The molecule has 0 aromatic rings. The molecule has 1 fully saturated rings. The third-order valence-electron chi connectivity index (χ3n) is 3.24. The summed E-state index contributed by atoms with van der Waals surface area (Å²) >= 11 is 0. The van der Waals surface area contributed by atoms with Crippen LogP contribution in [0.15, 0.2) is 11.6 Å². The molecule has 0 aromatic heterocycles. The van der Waals surface area contributed by atoms with Gasteiger partial charge in [-0.05, 0) is 38.0 Å². The van der Waals surface area contributed by atoms with Gasteiger partial charge in [0, 0.05) is 12.1 Å². The Balaban J connectivity index is 2.43. The van der Waals surface area contributed by atoms with Crippen molar-refractivity contribution in [2.45, 2.75) is 52.5 Å². The fourth-order valence-corrected chi connectivity index (χ4v) is 1.91. The van der Waals surface area contributed by atoms with E-state index in [0.717, 1.165) is 25.7 Å². The Morgan fingerprint density at radius 1 is 1.50 bits per heavy atom. The molecule has 0 spiro atoms. The monoisotopic (exact) mass is 225 g/mol. The average molecular weight is 225 g/mol. The van der Waals surface area contributed by atoms with E-state index in [4.69, 9.17) is 5.11 Å². The maximum Gasteiger partial charge on any atom is 0.244 e. The van der Waals surface area contributed by atoms with Gasteiger partial charge in [0.25, 0.3) is 0 Å². The molecule has 1 rings (SSSR count). The highest BCUT2D eigenvalue weighted by atomic mass is 16.3. The van der Waals surface area contributed by atoms with Crippen molar-refractivity contribution in [1.82, 2.24) is 5.32 Å². The number of allylic oxidation sites excluding steroid dienone is 1. The molecule has 0 aromatic carbocycles. The summed E-state index contributed by atoms with van der Waals surface area (Å²) in [6.45, 7) is 6.33. The number of nitrogens with one attached hydrogen (secondary N) is 1. The standard InChI is InChI=1S/C13H23NO2/c1-10(9-15)14-12(16)8-11-4-6-13(2,3)7-5-11/h8,10,15H,4-7,9H2,1-3H3,(H,14,16)/t10-/m1/s1. The van der Waals surface area contributed by atoms with E-state index in [0.29, 0.717) is 5.41 Å². The van der Waals surface area contributed by atoms with Gasteiger partial charge in [-0.15, -0.1) is 0 Å². The number of aliphatic hydroxyl groups is 1. The molecule has 1 atom stereocenters. The van der Waals surface area contributed by atoms with E-state index in [2.05, 4.69) is 19.2 Å². The second-order valence-corrected chi connectivity index (χ2v) is 5.56. The molecular weight excluding hydrogens is 202 g/mol. The number of aliphatic hydroxyl groups excluding tert-OH is 1. The second kappa shape index (κ2) is 5.48. The van der Waals surface area contributed by atoms with Crippen LogP contribution < -0.4 is 5.32 Å². The minimum atomic E-state index is -0.163. The quantitative estimate of drug-likeness (QED) is 0.722. The van der Waals surface area contributed by atoms with E-state index in [-0.39, 0.29) is 18.6 Å². The molecule has 0 bridgehead atoms. The normalized spacial score (nSPS) is 21.4. The van der Waals surface area contributed by atoms with Crippen molar-refractivity contribution in [2.75, 3.05) is 6.61 Å². The van der Waals surface area contributed by atoms with Gasteiger partial charge in [0.05, 0.1) is 6.61 Å². The van der Waals surface area contributed by atoms with E-state index in [1.807, 2.05) is 0 Å². The van der Waals surface area contributed by atoms with Crippen molar-refractivity contribution in [1.29, 1.82) is 0 Å². The Bertz CT molecular complexity index is 270. The van der Waals surface area contributed by atoms with Crippen LogP contribution in [-0.4, -0.2) is 23.7 Å². The highest BCUT2D eigenvalue weighted by molar-refractivity contribution is 5.88. The molecule has 16 heavy (non-hydrogen) atoms. The van der Waals surface area contributed by atoms with Gasteiger partial charge in [0.2, 0.25) is 5.91 Å². The summed E-state index contributed by atoms with van der Waals surface area (Å²) in [5, 5.41) is 11.6. The summed E-state index contributed by atoms with van der Waals surface area (Å²) in [4.78, 5) is 11.5. The summed E-state index contributed by atoms with van der Waals surface area (Å²) < 4.78 is 0. The first-order valence-corrected chi connectivity index (χ1v) is 6.04. The lowest BCUT2D eigenvalue weighted by Crippen LogP contribution is -2.34. The second-order valence-electron chi connectivity index (χ2n) is 5.56. The minimum Gasteiger partial charge on any atom is -0.394 e. The average Bonchev–Trinajstić information content (AvgIpc) is 2.21. The van der Waals surface area contributed by atoms with Crippen LogP contribution in [0.5, 0.6) is 0 Å². The highest BCUT2D eigenvalue weighted by Gasteiger charge is 2.23. The molecule has 1 aliphatic carbocycles. The van der Waals surface area contributed by atoms with Crippen LogP contribution >= 0.6 is 0 Å². The van der Waals surface area contributed by atoms with Crippen molar-refractivity contribution >= 4 is 5.91 Å². The lowest BCUT2D eigenvalue weighted by molar-refractivity contribution is -0.117. The number of carbonyl (C=O) groups is 1. The molecule has 0 heterocycles. The molecule has 1 aliphatic rings. The van der Waals surface area contributed by atoms with Crippen LogP contribution in [0.4, 0.5) is 0 Å². The highest BCUT2D eigenvalue weighted by Crippen LogP contribution is 2.37. The molecule has 0 unspecified atom stereocenters.